The van der Waals surface area contributed by atoms with Gasteiger partial charge in [0.1, 0.15) is 0 Å². The normalized spacial score (nSPS) is 14.4. The van der Waals surface area contributed by atoms with Crippen molar-refractivity contribution in [2.24, 2.45) is 11.7 Å². The Labute approximate surface area is 81.1 Å². The van der Waals surface area contributed by atoms with E-state index in [1.54, 1.807) is 0 Å². The highest BCUT2D eigenvalue weighted by atomic mass is 16.2. The molecule has 0 fully saturated rings. The minimum atomic E-state index is -0.376. The number of nitrogens with one attached hydrogen (secondary N) is 1. The molecule has 0 bridgehead atoms. The SMILES string of the molecule is CC(C)CC(N)C(=O)NC(C)(C)C. The van der Waals surface area contributed by atoms with Crippen LogP contribution in [0.3, 0.4) is 0 Å². The summed E-state index contributed by atoms with van der Waals surface area (Å²) in [5, 5.41) is 2.86. The van der Waals surface area contributed by atoms with Gasteiger partial charge in [0.25, 0.3) is 0 Å². The van der Waals surface area contributed by atoms with Gasteiger partial charge in [0.05, 0.1) is 6.04 Å². The van der Waals surface area contributed by atoms with Crippen molar-refractivity contribution in [1.29, 1.82) is 0 Å². The van der Waals surface area contributed by atoms with E-state index in [1.165, 1.54) is 0 Å². The van der Waals surface area contributed by atoms with Crippen LogP contribution in [0.4, 0.5) is 0 Å². The Balaban J connectivity index is 3.97. The quantitative estimate of drug-likeness (QED) is 0.697. The van der Waals surface area contributed by atoms with Crippen LogP contribution in [-0.2, 0) is 4.79 Å². The first-order valence-electron chi connectivity index (χ1n) is 4.80. The van der Waals surface area contributed by atoms with Gasteiger partial charge in [-0.2, -0.15) is 0 Å². The molecule has 0 spiro atoms. The molecule has 1 unspecified atom stereocenters. The molecule has 0 saturated heterocycles. The van der Waals surface area contributed by atoms with E-state index in [-0.39, 0.29) is 17.5 Å². The molecule has 0 aliphatic carbocycles. The zero-order valence-electron chi connectivity index (χ0n) is 9.35. The van der Waals surface area contributed by atoms with E-state index >= 15 is 0 Å². The molecular weight excluding hydrogens is 164 g/mol. The molecule has 0 aliphatic heterocycles. The van der Waals surface area contributed by atoms with Gasteiger partial charge in [-0.15, -0.1) is 0 Å². The van der Waals surface area contributed by atoms with Crippen molar-refractivity contribution >= 4 is 5.91 Å². The molecule has 0 aromatic carbocycles. The van der Waals surface area contributed by atoms with Gasteiger partial charge in [0.2, 0.25) is 5.91 Å². The highest BCUT2D eigenvalue weighted by Crippen LogP contribution is 2.05. The molecule has 1 atom stereocenters. The lowest BCUT2D eigenvalue weighted by molar-refractivity contribution is -0.124. The Kier molecular flexibility index (Phi) is 4.40. The Bertz CT molecular complexity index is 170. The van der Waals surface area contributed by atoms with E-state index in [0.717, 1.165) is 6.42 Å². The average molecular weight is 186 g/mol. The Morgan fingerprint density at radius 2 is 1.85 bits per heavy atom. The zero-order valence-corrected chi connectivity index (χ0v) is 9.35. The first kappa shape index (κ1) is 12.4. The van der Waals surface area contributed by atoms with Gasteiger partial charge in [-0.05, 0) is 33.1 Å². The zero-order chi connectivity index (χ0) is 10.6. The van der Waals surface area contributed by atoms with Gasteiger partial charge in [-0.1, -0.05) is 13.8 Å². The molecular formula is C10H22N2O. The lowest BCUT2D eigenvalue weighted by Crippen LogP contribution is -2.49. The van der Waals surface area contributed by atoms with E-state index in [9.17, 15) is 4.79 Å². The second kappa shape index (κ2) is 4.61. The summed E-state index contributed by atoms with van der Waals surface area (Å²) in [4.78, 5) is 11.5. The van der Waals surface area contributed by atoms with Gasteiger partial charge in [0.15, 0.2) is 0 Å². The summed E-state index contributed by atoms with van der Waals surface area (Å²) >= 11 is 0. The van der Waals surface area contributed by atoms with Crippen molar-refractivity contribution < 1.29 is 4.79 Å². The van der Waals surface area contributed by atoms with Gasteiger partial charge in [-0.3, -0.25) is 4.79 Å². The lowest BCUT2D eigenvalue weighted by Gasteiger charge is -2.23. The maximum atomic E-state index is 11.5. The molecule has 3 nitrogen and oxygen atoms in total. The van der Waals surface area contributed by atoms with E-state index in [4.69, 9.17) is 5.73 Å². The molecule has 13 heavy (non-hydrogen) atoms. The summed E-state index contributed by atoms with van der Waals surface area (Å²) in [5.74, 6) is 0.405. The monoisotopic (exact) mass is 186 g/mol. The van der Waals surface area contributed by atoms with Crippen LogP contribution < -0.4 is 11.1 Å². The van der Waals surface area contributed by atoms with Gasteiger partial charge in [0, 0.05) is 5.54 Å². The third kappa shape index (κ3) is 6.58. The number of hydrogen-bond acceptors (Lipinski definition) is 2. The van der Waals surface area contributed by atoms with E-state index < -0.39 is 0 Å². The van der Waals surface area contributed by atoms with Crippen molar-refractivity contribution in [1.82, 2.24) is 5.32 Å². The maximum absolute atomic E-state index is 11.5. The summed E-state index contributed by atoms with van der Waals surface area (Å²) < 4.78 is 0. The van der Waals surface area contributed by atoms with Gasteiger partial charge < -0.3 is 11.1 Å². The summed E-state index contributed by atoms with van der Waals surface area (Å²) in [6.45, 7) is 9.97. The van der Waals surface area contributed by atoms with Crippen LogP contribution in [0.1, 0.15) is 41.0 Å². The Morgan fingerprint density at radius 3 is 2.15 bits per heavy atom. The predicted octanol–water partition coefficient (Wildman–Crippen LogP) is 1.27. The first-order chi connectivity index (χ1) is 5.72. The molecule has 78 valence electrons. The first-order valence-corrected chi connectivity index (χ1v) is 4.80. The van der Waals surface area contributed by atoms with Crippen LogP contribution in [0.15, 0.2) is 0 Å². The van der Waals surface area contributed by atoms with Crippen molar-refractivity contribution in [2.45, 2.75) is 52.6 Å². The number of carbonyl (C=O) groups excluding carboxylic acids is 1. The number of amides is 1. The molecule has 0 saturated carbocycles. The van der Waals surface area contributed by atoms with Crippen molar-refractivity contribution in [2.75, 3.05) is 0 Å². The summed E-state index contributed by atoms with van der Waals surface area (Å²) in [7, 11) is 0. The molecule has 0 rings (SSSR count). The van der Waals surface area contributed by atoms with E-state index in [2.05, 4.69) is 19.2 Å². The smallest absolute Gasteiger partial charge is 0.237 e. The van der Waals surface area contributed by atoms with Crippen molar-refractivity contribution in [3.63, 3.8) is 0 Å². The molecule has 3 heteroatoms. The van der Waals surface area contributed by atoms with E-state index in [1.807, 2.05) is 20.8 Å². The topological polar surface area (TPSA) is 55.1 Å². The third-order valence-electron chi connectivity index (χ3n) is 1.56. The van der Waals surface area contributed by atoms with Gasteiger partial charge in [-0.25, -0.2) is 0 Å². The largest absolute Gasteiger partial charge is 0.350 e. The Morgan fingerprint density at radius 1 is 1.38 bits per heavy atom. The second-order valence-corrected chi connectivity index (χ2v) is 4.98. The summed E-state index contributed by atoms with van der Waals surface area (Å²) in [6, 6.07) is -0.376. The third-order valence-corrected chi connectivity index (χ3v) is 1.56. The summed E-state index contributed by atoms with van der Waals surface area (Å²) in [5.41, 5.74) is 5.52. The van der Waals surface area contributed by atoms with Crippen LogP contribution in [0.2, 0.25) is 0 Å². The molecule has 0 radical (unpaired) electrons. The lowest BCUT2D eigenvalue weighted by atomic mass is 10.0. The second-order valence-electron chi connectivity index (χ2n) is 4.98. The van der Waals surface area contributed by atoms with E-state index in [0.29, 0.717) is 5.92 Å². The number of rotatable bonds is 3. The van der Waals surface area contributed by atoms with Crippen LogP contribution in [0, 0.1) is 5.92 Å². The van der Waals surface area contributed by atoms with Crippen molar-refractivity contribution in [3.05, 3.63) is 0 Å². The van der Waals surface area contributed by atoms with Crippen LogP contribution in [0.5, 0.6) is 0 Å². The fourth-order valence-electron chi connectivity index (χ4n) is 1.08. The number of nitrogens with two attached hydrogens (primary N) is 1. The molecule has 3 N–H and O–H groups in total. The highest BCUT2D eigenvalue weighted by molar-refractivity contribution is 5.82. The van der Waals surface area contributed by atoms with Crippen LogP contribution in [-0.4, -0.2) is 17.5 Å². The van der Waals surface area contributed by atoms with Crippen LogP contribution in [0.25, 0.3) is 0 Å². The van der Waals surface area contributed by atoms with Crippen LogP contribution >= 0.6 is 0 Å². The minimum Gasteiger partial charge on any atom is -0.350 e. The van der Waals surface area contributed by atoms with Gasteiger partial charge >= 0.3 is 0 Å². The number of carbonyl (C=O) groups is 1. The fourth-order valence-corrected chi connectivity index (χ4v) is 1.08. The molecule has 0 aromatic heterocycles. The standard InChI is InChI=1S/C10H22N2O/c1-7(2)6-8(11)9(13)12-10(3,4)5/h7-8H,6,11H2,1-5H3,(H,12,13). The Hall–Kier alpha value is -0.570. The van der Waals surface area contributed by atoms with Crippen molar-refractivity contribution in [3.8, 4) is 0 Å². The summed E-state index contributed by atoms with van der Waals surface area (Å²) in [6.07, 6.45) is 0.738. The minimum absolute atomic E-state index is 0.0544. The molecule has 0 heterocycles. The average Bonchev–Trinajstić information content (AvgIpc) is 1.81. The highest BCUT2D eigenvalue weighted by Gasteiger charge is 2.19. The predicted molar refractivity (Wildman–Crippen MR) is 55.3 cm³/mol. The number of hydrogen-bond donors (Lipinski definition) is 2. The fraction of sp³-hybridized carbons (Fsp3) is 0.900. The molecule has 1 amide bonds. The maximum Gasteiger partial charge on any atom is 0.237 e. The molecule has 0 aromatic rings. The molecule has 0 aliphatic rings.